The Morgan fingerprint density at radius 2 is 1.88 bits per heavy atom. The molecule has 0 saturated carbocycles. The smallest absolute Gasteiger partial charge is 0.221 e. The Kier molecular flexibility index (Phi) is 3.14. The van der Waals surface area contributed by atoms with Gasteiger partial charge in [-0.15, -0.1) is 0 Å². The molecule has 0 aliphatic rings. The molecule has 0 aliphatic heterocycles. The van der Waals surface area contributed by atoms with Crippen molar-refractivity contribution in [3.05, 3.63) is 36.5 Å². The molecular weight excluding hydrogens is 216 g/mol. The summed E-state index contributed by atoms with van der Waals surface area (Å²) >= 11 is 0. The lowest BCUT2D eigenvalue weighted by molar-refractivity contribution is 0.397. The fraction of sp³-hybridized carbons (Fsp3) is 0.154. The van der Waals surface area contributed by atoms with Gasteiger partial charge in [-0.2, -0.15) is 0 Å². The minimum Gasteiger partial charge on any atom is -0.496 e. The zero-order chi connectivity index (χ0) is 12.3. The predicted molar refractivity (Wildman–Crippen MR) is 67.2 cm³/mol. The molecule has 1 heterocycles. The Morgan fingerprint density at radius 3 is 2.59 bits per heavy atom. The van der Waals surface area contributed by atoms with Crippen molar-refractivity contribution in [3.8, 4) is 22.8 Å². The summed E-state index contributed by atoms with van der Waals surface area (Å²) in [5.74, 6) is 1.27. The first kappa shape index (κ1) is 11.3. The Bertz CT molecular complexity index is 527. The number of methoxy groups -OCH3 is 2. The monoisotopic (exact) mass is 230 g/mol. The number of nitrogens with zero attached hydrogens (tertiary/aromatic N) is 1. The van der Waals surface area contributed by atoms with E-state index in [9.17, 15) is 0 Å². The summed E-state index contributed by atoms with van der Waals surface area (Å²) in [7, 11) is 3.21. The van der Waals surface area contributed by atoms with E-state index in [0.717, 1.165) is 11.1 Å². The fourth-order valence-electron chi connectivity index (χ4n) is 1.69. The third-order valence-electron chi connectivity index (χ3n) is 2.48. The van der Waals surface area contributed by atoms with Gasteiger partial charge in [-0.1, -0.05) is 0 Å². The molecule has 2 rings (SSSR count). The van der Waals surface area contributed by atoms with E-state index in [1.54, 1.807) is 26.5 Å². The van der Waals surface area contributed by atoms with E-state index in [2.05, 4.69) is 4.98 Å². The molecule has 0 amide bonds. The highest BCUT2D eigenvalue weighted by molar-refractivity contribution is 5.76. The van der Waals surface area contributed by atoms with E-state index in [-0.39, 0.29) is 0 Å². The maximum Gasteiger partial charge on any atom is 0.221 e. The van der Waals surface area contributed by atoms with Crippen LogP contribution in [0.3, 0.4) is 0 Å². The standard InChI is InChI=1S/C13H14N2O2/c1-16-12-8-9(14)5-6-10(12)11-4-3-7-15-13(11)17-2/h3-8H,14H2,1-2H3. The predicted octanol–water partition coefficient (Wildman–Crippen LogP) is 2.35. The molecule has 0 saturated heterocycles. The normalized spacial score (nSPS) is 10.0. The Hall–Kier alpha value is -2.23. The van der Waals surface area contributed by atoms with Gasteiger partial charge in [0.05, 0.1) is 14.2 Å². The summed E-state index contributed by atoms with van der Waals surface area (Å²) < 4.78 is 10.5. The number of hydrogen-bond acceptors (Lipinski definition) is 4. The maximum atomic E-state index is 5.72. The molecule has 4 nitrogen and oxygen atoms in total. The maximum absolute atomic E-state index is 5.72. The van der Waals surface area contributed by atoms with Gasteiger partial charge in [0, 0.05) is 29.1 Å². The van der Waals surface area contributed by atoms with E-state index in [1.165, 1.54) is 0 Å². The topological polar surface area (TPSA) is 57.4 Å². The number of aromatic nitrogens is 1. The van der Waals surface area contributed by atoms with Crippen molar-refractivity contribution < 1.29 is 9.47 Å². The second-order valence-electron chi connectivity index (χ2n) is 3.52. The summed E-state index contributed by atoms with van der Waals surface area (Å²) in [6.07, 6.45) is 1.69. The second kappa shape index (κ2) is 4.74. The number of pyridine rings is 1. The van der Waals surface area contributed by atoms with Crippen molar-refractivity contribution in [3.63, 3.8) is 0 Å². The van der Waals surface area contributed by atoms with Crippen LogP contribution in [0.4, 0.5) is 5.69 Å². The van der Waals surface area contributed by atoms with Gasteiger partial charge in [0.1, 0.15) is 5.75 Å². The van der Waals surface area contributed by atoms with Gasteiger partial charge >= 0.3 is 0 Å². The van der Waals surface area contributed by atoms with Crippen LogP contribution in [0.1, 0.15) is 0 Å². The minimum atomic E-state index is 0.565. The number of anilines is 1. The van der Waals surface area contributed by atoms with E-state index in [0.29, 0.717) is 17.3 Å². The molecule has 0 unspecified atom stereocenters. The number of benzene rings is 1. The first-order valence-electron chi connectivity index (χ1n) is 5.19. The van der Waals surface area contributed by atoms with Crippen molar-refractivity contribution in [1.29, 1.82) is 0 Å². The molecule has 0 radical (unpaired) electrons. The quantitative estimate of drug-likeness (QED) is 0.822. The zero-order valence-electron chi connectivity index (χ0n) is 9.81. The summed E-state index contributed by atoms with van der Waals surface area (Å²) in [6.45, 7) is 0. The van der Waals surface area contributed by atoms with E-state index in [1.807, 2.05) is 24.3 Å². The molecule has 1 aromatic carbocycles. The van der Waals surface area contributed by atoms with E-state index in [4.69, 9.17) is 15.2 Å². The van der Waals surface area contributed by atoms with Crippen molar-refractivity contribution in [1.82, 2.24) is 4.98 Å². The molecule has 2 N–H and O–H groups in total. The van der Waals surface area contributed by atoms with Gasteiger partial charge in [0.25, 0.3) is 0 Å². The van der Waals surface area contributed by atoms with Gasteiger partial charge in [-0.25, -0.2) is 4.98 Å². The van der Waals surface area contributed by atoms with Crippen LogP contribution in [0, 0.1) is 0 Å². The van der Waals surface area contributed by atoms with Crippen molar-refractivity contribution >= 4 is 5.69 Å². The van der Waals surface area contributed by atoms with Gasteiger partial charge in [-0.05, 0) is 24.3 Å². The number of nitrogen functional groups attached to an aromatic ring is 1. The molecule has 0 bridgehead atoms. The third kappa shape index (κ3) is 2.15. The summed E-state index contributed by atoms with van der Waals surface area (Å²) in [6, 6.07) is 9.29. The van der Waals surface area contributed by atoms with E-state index >= 15 is 0 Å². The molecule has 17 heavy (non-hydrogen) atoms. The molecule has 0 spiro atoms. The number of nitrogens with two attached hydrogens (primary N) is 1. The average Bonchev–Trinajstić information content (AvgIpc) is 2.38. The van der Waals surface area contributed by atoms with Crippen LogP contribution in [0.2, 0.25) is 0 Å². The molecular formula is C13H14N2O2. The highest BCUT2D eigenvalue weighted by atomic mass is 16.5. The second-order valence-corrected chi connectivity index (χ2v) is 3.52. The summed E-state index contributed by atoms with van der Waals surface area (Å²) in [4.78, 5) is 4.16. The van der Waals surface area contributed by atoms with Crippen LogP contribution in [0.5, 0.6) is 11.6 Å². The van der Waals surface area contributed by atoms with Gasteiger partial charge in [0.15, 0.2) is 0 Å². The highest BCUT2D eigenvalue weighted by Crippen LogP contribution is 2.35. The first-order valence-corrected chi connectivity index (χ1v) is 5.19. The summed E-state index contributed by atoms with van der Waals surface area (Å²) in [5.41, 5.74) is 8.18. The highest BCUT2D eigenvalue weighted by Gasteiger charge is 2.11. The van der Waals surface area contributed by atoms with E-state index < -0.39 is 0 Å². The number of ether oxygens (including phenoxy) is 2. The van der Waals surface area contributed by atoms with Crippen LogP contribution in [0.25, 0.3) is 11.1 Å². The fourth-order valence-corrected chi connectivity index (χ4v) is 1.69. The van der Waals surface area contributed by atoms with Crippen LogP contribution in [-0.2, 0) is 0 Å². The lowest BCUT2D eigenvalue weighted by atomic mass is 10.1. The lowest BCUT2D eigenvalue weighted by Crippen LogP contribution is -1.95. The van der Waals surface area contributed by atoms with Crippen LogP contribution < -0.4 is 15.2 Å². The molecule has 88 valence electrons. The van der Waals surface area contributed by atoms with Gasteiger partial charge in [0.2, 0.25) is 5.88 Å². The molecule has 4 heteroatoms. The van der Waals surface area contributed by atoms with Crippen molar-refractivity contribution in [2.45, 2.75) is 0 Å². The molecule has 0 aliphatic carbocycles. The minimum absolute atomic E-state index is 0.565. The van der Waals surface area contributed by atoms with Gasteiger partial charge in [-0.3, -0.25) is 0 Å². The van der Waals surface area contributed by atoms with Crippen LogP contribution >= 0.6 is 0 Å². The van der Waals surface area contributed by atoms with Gasteiger partial charge < -0.3 is 15.2 Å². The lowest BCUT2D eigenvalue weighted by Gasteiger charge is -2.11. The Balaban J connectivity index is 2.59. The molecule has 0 fully saturated rings. The first-order chi connectivity index (χ1) is 8.26. The Morgan fingerprint density at radius 1 is 1.06 bits per heavy atom. The molecule has 1 aromatic heterocycles. The average molecular weight is 230 g/mol. The largest absolute Gasteiger partial charge is 0.496 e. The number of hydrogen-bond donors (Lipinski definition) is 1. The molecule has 0 atom stereocenters. The Labute approximate surface area is 100 Å². The molecule has 2 aromatic rings. The van der Waals surface area contributed by atoms with Crippen LogP contribution in [-0.4, -0.2) is 19.2 Å². The van der Waals surface area contributed by atoms with Crippen LogP contribution in [0.15, 0.2) is 36.5 Å². The number of rotatable bonds is 3. The summed E-state index contributed by atoms with van der Waals surface area (Å²) in [5, 5.41) is 0. The van der Waals surface area contributed by atoms with Crippen molar-refractivity contribution in [2.24, 2.45) is 0 Å². The zero-order valence-corrected chi connectivity index (χ0v) is 9.81. The van der Waals surface area contributed by atoms with Crippen molar-refractivity contribution in [2.75, 3.05) is 20.0 Å². The third-order valence-corrected chi connectivity index (χ3v) is 2.48. The SMILES string of the molecule is COc1cc(N)ccc1-c1cccnc1OC.